The molecule has 0 atom stereocenters. The Bertz CT molecular complexity index is 1280. The maximum atomic E-state index is 16.3. The van der Waals surface area contributed by atoms with Crippen LogP contribution in [0, 0.1) is 25.5 Å². The van der Waals surface area contributed by atoms with E-state index >= 15 is 4.39 Å². The number of aliphatic imine (C=N–C) groups is 1. The number of hydrogen-bond acceptors (Lipinski definition) is 3. The Morgan fingerprint density at radius 2 is 1.83 bits per heavy atom. The molecule has 0 unspecified atom stereocenters. The molecule has 2 aromatic carbocycles. The van der Waals surface area contributed by atoms with Crippen molar-refractivity contribution >= 4 is 28.1 Å². The van der Waals surface area contributed by atoms with Gasteiger partial charge in [0.05, 0.1) is 23.3 Å². The summed E-state index contributed by atoms with van der Waals surface area (Å²) in [4.78, 5) is 9.75. The lowest BCUT2D eigenvalue weighted by Crippen LogP contribution is -2.54. The van der Waals surface area contributed by atoms with Gasteiger partial charge in [0.2, 0.25) is 0 Å². The van der Waals surface area contributed by atoms with Crippen LogP contribution in [-0.4, -0.2) is 22.9 Å². The van der Waals surface area contributed by atoms with Gasteiger partial charge in [-0.15, -0.1) is 0 Å². The van der Waals surface area contributed by atoms with Gasteiger partial charge in [0.25, 0.3) is 0 Å². The summed E-state index contributed by atoms with van der Waals surface area (Å²) < 4.78 is 30.8. The lowest BCUT2D eigenvalue weighted by atomic mass is 9.90. The Morgan fingerprint density at radius 1 is 1.07 bits per heavy atom. The Labute approximate surface area is 174 Å². The molecule has 3 aromatic rings. The van der Waals surface area contributed by atoms with Gasteiger partial charge in [0.15, 0.2) is 5.82 Å². The van der Waals surface area contributed by atoms with Crippen molar-refractivity contribution < 1.29 is 8.78 Å². The van der Waals surface area contributed by atoms with Gasteiger partial charge in [-0.25, -0.2) is 8.78 Å². The van der Waals surface area contributed by atoms with E-state index in [1.54, 1.807) is 0 Å². The van der Waals surface area contributed by atoms with Crippen molar-refractivity contribution in [2.24, 2.45) is 4.99 Å². The molecule has 0 amide bonds. The molecular weight excluding hydrogens is 382 g/mol. The standard InChI is InChI=1S/C24H24F2N4/c1-12-8-18-22(30-14(3)6-7-27-23(30)24(4,5)29-18)20(26)19(12)17-10-15(25)9-16-13(2)11-28-21(16)17/h6,8-11,28-29H,7H2,1-5H3. The fraction of sp³-hybridized carbons (Fsp3) is 0.292. The third-order valence-electron chi connectivity index (χ3n) is 6.09. The van der Waals surface area contributed by atoms with Gasteiger partial charge in [-0.05, 0) is 70.0 Å². The summed E-state index contributed by atoms with van der Waals surface area (Å²) in [5.74, 6) is 0.0191. The molecule has 2 aliphatic heterocycles. The molecule has 0 aliphatic carbocycles. The van der Waals surface area contributed by atoms with Gasteiger partial charge >= 0.3 is 0 Å². The SMILES string of the molecule is CC1=CCN=C2N1c1c(cc(C)c(-c3cc(F)cc4c(C)c[nH]c34)c1F)NC2(C)C. The average Bonchev–Trinajstić information content (AvgIpc) is 3.02. The van der Waals surface area contributed by atoms with Gasteiger partial charge < -0.3 is 10.3 Å². The molecule has 3 heterocycles. The minimum absolute atomic E-state index is 0.380. The first-order chi connectivity index (χ1) is 14.2. The zero-order chi connectivity index (χ0) is 21.4. The Hall–Kier alpha value is -3.15. The van der Waals surface area contributed by atoms with Crippen molar-refractivity contribution in [2.75, 3.05) is 16.8 Å². The number of fused-ring (bicyclic) bond motifs is 4. The number of rotatable bonds is 1. The van der Waals surface area contributed by atoms with Crippen LogP contribution in [0.4, 0.5) is 20.2 Å². The van der Waals surface area contributed by atoms with Gasteiger partial charge in [0.1, 0.15) is 17.3 Å². The quantitative estimate of drug-likeness (QED) is 0.516. The van der Waals surface area contributed by atoms with Gasteiger partial charge in [0, 0.05) is 28.4 Å². The molecule has 0 spiro atoms. The number of anilines is 2. The Morgan fingerprint density at radius 3 is 2.60 bits per heavy atom. The van der Waals surface area contributed by atoms with E-state index in [1.807, 2.05) is 57.9 Å². The summed E-state index contributed by atoms with van der Waals surface area (Å²) in [7, 11) is 0. The molecule has 0 fully saturated rings. The molecule has 0 saturated carbocycles. The molecule has 0 saturated heterocycles. The second-order valence-electron chi connectivity index (χ2n) is 8.72. The van der Waals surface area contributed by atoms with Crippen LogP contribution in [0.5, 0.6) is 0 Å². The van der Waals surface area contributed by atoms with Gasteiger partial charge in [-0.2, -0.15) is 0 Å². The summed E-state index contributed by atoms with van der Waals surface area (Å²) in [5.41, 5.74) is 4.97. The second-order valence-corrected chi connectivity index (χ2v) is 8.72. The number of amidine groups is 1. The lowest BCUT2D eigenvalue weighted by molar-refractivity contribution is 0.621. The zero-order valence-corrected chi connectivity index (χ0v) is 17.7. The van der Waals surface area contributed by atoms with Crippen molar-refractivity contribution in [2.45, 2.75) is 40.2 Å². The number of halogens is 2. The number of hydrogen-bond donors (Lipinski definition) is 2. The fourth-order valence-electron chi connectivity index (χ4n) is 4.69. The number of H-pyrrole nitrogens is 1. The monoisotopic (exact) mass is 406 g/mol. The zero-order valence-electron chi connectivity index (χ0n) is 17.7. The highest BCUT2D eigenvalue weighted by molar-refractivity contribution is 6.14. The van der Waals surface area contributed by atoms with E-state index in [0.717, 1.165) is 33.6 Å². The van der Waals surface area contributed by atoms with Crippen molar-refractivity contribution in [3.05, 3.63) is 58.9 Å². The number of nitrogens with zero attached hydrogens (tertiary/aromatic N) is 2. The molecule has 4 nitrogen and oxygen atoms in total. The van der Waals surface area contributed by atoms with Crippen molar-refractivity contribution in [1.29, 1.82) is 0 Å². The maximum absolute atomic E-state index is 16.3. The van der Waals surface area contributed by atoms with E-state index in [9.17, 15) is 4.39 Å². The molecule has 2 aliphatic rings. The number of benzene rings is 2. The molecule has 5 rings (SSSR count). The van der Waals surface area contributed by atoms with Crippen LogP contribution < -0.4 is 10.2 Å². The minimum Gasteiger partial charge on any atom is -0.371 e. The van der Waals surface area contributed by atoms with E-state index in [2.05, 4.69) is 15.3 Å². The number of nitrogens with one attached hydrogen (secondary N) is 2. The Balaban J connectivity index is 1.83. The van der Waals surface area contributed by atoms with Gasteiger partial charge in [-0.1, -0.05) is 0 Å². The first-order valence-electron chi connectivity index (χ1n) is 10.1. The molecule has 0 radical (unpaired) electrons. The van der Waals surface area contributed by atoms with E-state index in [1.165, 1.54) is 12.1 Å². The van der Waals surface area contributed by atoms with E-state index in [-0.39, 0.29) is 11.6 Å². The van der Waals surface area contributed by atoms with Crippen LogP contribution in [-0.2, 0) is 0 Å². The molecule has 2 N–H and O–H groups in total. The topological polar surface area (TPSA) is 43.4 Å². The van der Waals surface area contributed by atoms with Gasteiger partial charge in [-0.3, -0.25) is 9.89 Å². The Kier molecular flexibility index (Phi) is 3.88. The first kappa shape index (κ1) is 18.9. The number of aryl methyl sites for hydroxylation is 2. The maximum Gasteiger partial charge on any atom is 0.157 e. The molecule has 30 heavy (non-hydrogen) atoms. The van der Waals surface area contributed by atoms with Crippen LogP contribution in [0.3, 0.4) is 0 Å². The summed E-state index contributed by atoms with van der Waals surface area (Å²) in [6.07, 6.45) is 3.81. The largest absolute Gasteiger partial charge is 0.371 e. The van der Waals surface area contributed by atoms with Crippen molar-refractivity contribution in [3.8, 4) is 11.1 Å². The summed E-state index contributed by atoms with van der Waals surface area (Å²) >= 11 is 0. The van der Waals surface area contributed by atoms with Crippen LogP contribution in [0.25, 0.3) is 22.0 Å². The van der Waals surface area contributed by atoms with Crippen molar-refractivity contribution in [1.82, 2.24) is 4.98 Å². The van der Waals surface area contributed by atoms with E-state index < -0.39 is 5.54 Å². The van der Waals surface area contributed by atoms with Crippen LogP contribution in [0.15, 0.2) is 41.2 Å². The lowest BCUT2D eigenvalue weighted by Gasteiger charge is -2.45. The summed E-state index contributed by atoms with van der Waals surface area (Å²) in [5, 5.41) is 4.21. The fourth-order valence-corrected chi connectivity index (χ4v) is 4.69. The average molecular weight is 406 g/mol. The van der Waals surface area contributed by atoms with E-state index in [0.29, 0.717) is 29.0 Å². The third-order valence-corrected chi connectivity index (χ3v) is 6.09. The van der Waals surface area contributed by atoms with Crippen LogP contribution in [0.1, 0.15) is 31.9 Å². The molecule has 0 bridgehead atoms. The van der Waals surface area contributed by atoms with Crippen molar-refractivity contribution in [3.63, 3.8) is 0 Å². The highest BCUT2D eigenvalue weighted by Crippen LogP contribution is 2.46. The third kappa shape index (κ3) is 2.52. The van der Waals surface area contributed by atoms with E-state index in [4.69, 9.17) is 0 Å². The smallest absolute Gasteiger partial charge is 0.157 e. The molecular formula is C24H24F2N4. The first-order valence-corrected chi connectivity index (χ1v) is 10.1. The highest BCUT2D eigenvalue weighted by atomic mass is 19.1. The summed E-state index contributed by atoms with van der Waals surface area (Å²) in [6, 6.07) is 4.84. The normalized spacial score (nSPS) is 17.2. The minimum atomic E-state index is -0.439. The molecule has 154 valence electrons. The number of aromatic nitrogens is 1. The molecule has 6 heteroatoms. The molecule has 1 aromatic heterocycles. The van der Waals surface area contributed by atoms with Crippen LogP contribution in [0.2, 0.25) is 0 Å². The number of allylic oxidation sites excluding steroid dienone is 1. The predicted molar refractivity (Wildman–Crippen MR) is 119 cm³/mol. The highest BCUT2D eigenvalue weighted by Gasteiger charge is 2.41. The predicted octanol–water partition coefficient (Wildman–Crippen LogP) is 6.06. The number of aromatic amines is 1. The second kappa shape index (κ2) is 6.17. The summed E-state index contributed by atoms with van der Waals surface area (Å²) in [6.45, 7) is 10.4. The van der Waals surface area contributed by atoms with Crippen LogP contribution >= 0.6 is 0 Å².